The van der Waals surface area contributed by atoms with Crippen molar-refractivity contribution in [1.82, 2.24) is 27.4 Å². The minimum atomic E-state index is -0.227. The van der Waals surface area contributed by atoms with Gasteiger partial charge in [0.1, 0.15) is 5.82 Å². The zero-order valence-corrected chi connectivity index (χ0v) is 96.4. The third kappa shape index (κ3) is 19.8. The average molecular weight is 2630 g/mol. The van der Waals surface area contributed by atoms with E-state index in [1.165, 1.54) is 188 Å². The maximum atomic E-state index is 13.2. The van der Waals surface area contributed by atoms with Crippen LogP contribution in [-0.2, 0) is 5.41 Å². The normalized spacial score (nSPS) is 11.6. The summed E-state index contributed by atoms with van der Waals surface area (Å²) in [4.78, 5) is 0. The van der Waals surface area contributed by atoms with Gasteiger partial charge in [0.2, 0.25) is 0 Å². The van der Waals surface area contributed by atoms with Crippen molar-refractivity contribution in [1.29, 1.82) is 0 Å². The van der Waals surface area contributed by atoms with Gasteiger partial charge in [-0.3, -0.25) is 0 Å². The second-order valence-electron chi connectivity index (χ2n) is 36.2. The van der Waals surface area contributed by atoms with Crippen LogP contribution in [0.1, 0.15) is 37.5 Å². The third-order valence-electron chi connectivity index (χ3n) is 26.1. The summed E-state index contributed by atoms with van der Waals surface area (Å²) in [5.41, 5.74) is 27.9. The zero-order chi connectivity index (χ0) is 98.9. The highest BCUT2D eigenvalue weighted by Gasteiger charge is 2.24. The fraction of sp³-hybridized carbons (Fsp3) is 0.0484. The fourth-order valence-corrected chi connectivity index (χ4v) is 24.0. The molecule has 0 amide bonds. The smallest absolute Gasteiger partial charge is 0.123 e. The van der Waals surface area contributed by atoms with Crippen LogP contribution in [0, 0.1) is 19.7 Å². The van der Waals surface area contributed by atoms with E-state index in [-0.39, 0.29) is 11.2 Å². The van der Waals surface area contributed by atoms with E-state index in [1.807, 2.05) is 18.2 Å². The minimum absolute atomic E-state index is 0.162. The molecule has 0 bridgehead atoms. The molecule has 20 aromatic carbocycles. The van der Waals surface area contributed by atoms with Crippen molar-refractivity contribution < 1.29 is 4.39 Å². The molecule has 0 aliphatic rings. The number of fused-ring (bicyclic) bond motifs is 19. The Morgan fingerprint density at radius 2 is 0.427 bits per heavy atom. The molecule has 0 saturated carbocycles. The van der Waals surface area contributed by atoms with E-state index in [0.717, 1.165) is 81.2 Å². The fourth-order valence-electron chi connectivity index (χ4n) is 19.7. The molecule has 0 fully saturated rings. The van der Waals surface area contributed by atoms with E-state index in [0.29, 0.717) is 0 Å². The number of halogens is 13. The second-order valence-corrected chi connectivity index (χ2v) is 47.2. The molecule has 0 atom stereocenters. The summed E-state index contributed by atoms with van der Waals surface area (Å²) >= 11 is 43.2. The van der Waals surface area contributed by atoms with Crippen LogP contribution < -0.4 is 0 Å². The number of aryl methyl sites for hydroxylation is 2. The predicted octanol–water partition coefficient (Wildman–Crippen LogP) is 42.7. The molecule has 6 heterocycles. The Balaban J connectivity index is 0.000000102. The van der Waals surface area contributed by atoms with Gasteiger partial charge in [-0.1, -0.05) is 339 Å². The van der Waals surface area contributed by atoms with Crippen LogP contribution in [0.3, 0.4) is 0 Å². The summed E-state index contributed by atoms with van der Waals surface area (Å²) in [7, 11) is 0. The Kier molecular flexibility index (Phi) is 28.5. The lowest BCUT2D eigenvalue weighted by Crippen LogP contribution is -2.10. The molecule has 0 aliphatic heterocycles. The average Bonchev–Trinajstić information content (AvgIpc) is 1.60. The molecule has 0 aliphatic carbocycles. The van der Waals surface area contributed by atoms with Gasteiger partial charge in [0.15, 0.2) is 0 Å². The maximum absolute atomic E-state index is 13.2. The van der Waals surface area contributed by atoms with Gasteiger partial charge in [0, 0.05) is 146 Å². The van der Waals surface area contributed by atoms with Crippen LogP contribution in [0.2, 0.25) is 0 Å². The third-order valence-corrected chi connectivity index (χ3v) is 32.0. The van der Waals surface area contributed by atoms with Crippen LogP contribution >= 0.6 is 191 Å². The number of hydrogen-bond acceptors (Lipinski definition) is 0. The molecule has 26 aromatic rings. The van der Waals surface area contributed by atoms with Crippen LogP contribution in [0.5, 0.6) is 0 Å². The molecule has 143 heavy (non-hydrogen) atoms. The summed E-state index contributed by atoms with van der Waals surface area (Å²) in [6, 6.07) is 144. The van der Waals surface area contributed by atoms with E-state index in [2.05, 4.69) is 623 Å². The molecular formula is C124H83Br12FN6. The lowest BCUT2D eigenvalue weighted by atomic mass is 9.87. The van der Waals surface area contributed by atoms with Crippen molar-refractivity contribution in [3.63, 3.8) is 0 Å². The molecule has 6 aromatic heterocycles. The number of para-hydroxylation sites is 2. The van der Waals surface area contributed by atoms with E-state index in [1.54, 1.807) is 12.1 Å². The number of benzene rings is 20. The van der Waals surface area contributed by atoms with E-state index in [9.17, 15) is 4.39 Å². The number of aromatic nitrogens is 6. The van der Waals surface area contributed by atoms with Crippen molar-refractivity contribution in [3.8, 4) is 45.3 Å². The number of nitrogens with zero attached hydrogens (tertiary/aromatic N) is 6. The van der Waals surface area contributed by atoms with Gasteiger partial charge >= 0.3 is 0 Å². The molecule has 0 saturated heterocycles. The first-order chi connectivity index (χ1) is 69.2. The van der Waals surface area contributed by atoms with Crippen molar-refractivity contribution in [2.24, 2.45) is 0 Å². The largest absolute Gasteiger partial charge is 0.309 e. The van der Waals surface area contributed by atoms with Crippen molar-refractivity contribution in [2.45, 2.75) is 40.0 Å². The van der Waals surface area contributed by atoms with Crippen molar-refractivity contribution in [2.75, 3.05) is 0 Å². The Hall–Kier alpha value is -10.9. The van der Waals surface area contributed by atoms with Gasteiger partial charge in [0.25, 0.3) is 0 Å². The highest BCUT2D eigenvalue weighted by atomic mass is 79.9. The van der Waals surface area contributed by atoms with Crippen LogP contribution in [0.4, 0.5) is 4.39 Å². The molecule has 700 valence electrons. The van der Waals surface area contributed by atoms with Gasteiger partial charge in [-0.2, -0.15) is 0 Å². The molecule has 0 radical (unpaired) electrons. The van der Waals surface area contributed by atoms with Crippen LogP contribution in [-0.4, -0.2) is 27.4 Å². The SMILES string of the molecule is Brc1ccc2c(c1)c1cc(Br)ccc1n2-c1cccc(-c2ccccc2)c1.Brc1ccc2c(c1)c1cc(Br)ccc1n2-c1cccc2ccccc12.Brc1ccc2c(c1)c1cc(Br)ccc1n2-c1ccccc1.CC(C)(C)c1ccc(-n2c3ccc(Br)cc3c3cc(Br)ccc32)cc1.Cc1cccc(C)c1-n1c2ccc(Br)cc2c2cc(Br)ccc21.Fc1ccc(-n2c3ccc(Br)cc3c3cc(Br)ccc32)cc1. The first-order valence-electron chi connectivity index (χ1n) is 46.2. The summed E-state index contributed by atoms with van der Waals surface area (Å²) in [5, 5.41) is 17.4. The minimum Gasteiger partial charge on any atom is -0.309 e. The number of rotatable bonds is 7. The highest BCUT2D eigenvalue weighted by molar-refractivity contribution is 9.12. The molecule has 0 N–H and O–H groups in total. The first-order valence-corrected chi connectivity index (χ1v) is 55.7. The quantitative estimate of drug-likeness (QED) is 0.152. The summed E-state index contributed by atoms with van der Waals surface area (Å²) in [6.07, 6.45) is 0. The van der Waals surface area contributed by atoms with Gasteiger partial charge in [-0.15, -0.1) is 0 Å². The highest BCUT2D eigenvalue weighted by Crippen LogP contribution is 2.45. The van der Waals surface area contributed by atoms with Crippen molar-refractivity contribution in [3.05, 3.63) is 489 Å². The topological polar surface area (TPSA) is 29.6 Å². The second kappa shape index (κ2) is 41.6. The number of hydrogen-bond donors (Lipinski definition) is 0. The Morgan fingerprint density at radius 1 is 0.189 bits per heavy atom. The maximum Gasteiger partial charge on any atom is 0.123 e. The Bertz CT molecular complexity index is 9080. The lowest BCUT2D eigenvalue weighted by Gasteiger charge is -2.19. The summed E-state index contributed by atoms with van der Waals surface area (Å²) in [6.45, 7) is 11.1. The van der Waals surface area contributed by atoms with Crippen LogP contribution in [0.25, 0.3) is 187 Å². The van der Waals surface area contributed by atoms with Gasteiger partial charge < -0.3 is 27.4 Å². The molecule has 6 nitrogen and oxygen atoms in total. The van der Waals surface area contributed by atoms with Gasteiger partial charge in [-0.25, -0.2) is 4.39 Å². The van der Waals surface area contributed by atoms with E-state index >= 15 is 0 Å². The molecule has 26 rings (SSSR count). The van der Waals surface area contributed by atoms with Gasteiger partial charge in [0.05, 0.1) is 77.6 Å². The standard InChI is InChI=1S/C24H15Br2N.C22H13Br2N.C22H19Br2N.C20H15Br2N.C18H10Br2FN.C18H11Br2N/c25-18-9-11-23-21(14-18)22-15-19(26)10-12-24(22)27(23)20-8-4-7-17(13-20)16-5-2-1-3-6-16;23-15-8-10-21-18(12-15)19-13-16(24)9-11-22(19)25(21)20-7-3-5-14-4-1-2-6-17(14)20;1-22(2,3)14-4-8-17(9-5-14)25-20-10-6-15(23)12-18(20)19-13-16(24)7-11-21(19)25;1-12-4-3-5-13(2)20(12)23-18-8-6-14(21)10-16(18)17-11-15(22)7-9-19(17)23;19-11-1-7-17-15(9-11)16-10-12(20)2-8-18(16)22(17)14-5-3-13(21)4-6-14;19-12-6-8-17-15(10-12)16-11-13(20)7-9-18(16)21(17)14-4-2-1-3-5-14/h1-15H;1-13H;4-13H,1-3H3;3-11H,1-2H3;1-10H;1-11H. The lowest BCUT2D eigenvalue weighted by molar-refractivity contribution is 0.590. The predicted molar refractivity (Wildman–Crippen MR) is 648 cm³/mol. The van der Waals surface area contributed by atoms with Crippen molar-refractivity contribution >= 4 is 333 Å². The van der Waals surface area contributed by atoms with Gasteiger partial charge in [-0.05, 0) is 338 Å². The van der Waals surface area contributed by atoms with E-state index in [4.69, 9.17) is 0 Å². The summed E-state index contributed by atoms with van der Waals surface area (Å²) < 4.78 is 40.2. The zero-order valence-electron chi connectivity index (χ0n) is 77.4. The molecular weight excluding hydrogens is 2550 g/mol. The molecule has 0 spiro atoms. The molecule has 19 heteroatoms. The Labute approximate surface area is 927 Å². The molecule has 0 unspecified atom stereocenters. The Morgan fingerprint density at radius 3 is 0.748 bits per heavy atom. The van der Waals surface area contributed by atoms with Crippen LogP contribution in [0.15, 0.2) is 466 Å². The summed E-state index contributed by atoms with van der Waals surface area (Å²) in [5.74, 6) is -0.227. The monoisotopic (exact) mass is 2620 g/mol. The van der Waals surface area contributed by atoms with E-state index < -0.39 is 0 Å². The first kappa shape index (κ1) is 98.2.